The number of nitrogens with zero attached hydrogens (tertiary/aromatic N) is 4. The van der Waals surface area contributed by atoms with Crippen LogP contribution >= 0.6 is 0 Å². The molecule has 1 amide bonds. The lowest BCUT2D eigenvalue weighted by Crippen LogP contribution is -2.51. The molecule has 0 spiro atoms. The summed E-state index contributed by atoms with van der Waals surface area (Å²) in [6, 6.07) is 6.01. The predicted octanol–water partition coefficient (Wildman–Crippen LogP) is 1.48. The molecule has 0 radical (unpaired) electrons. The second kappa shape index (κ2) is 9.15. The first-order chi connectivity index (χ1) is 12.3. The summed E-state index contributed by atoms with van der Waals surface area (Å²) in [6.45, 7) is 9.54. The zero-order chi connectivity index (χ0) is 17.5. The predicted molar refractivity (Wildman–Crippen MR) is 98.7 cm³/mol. The maximum absolute atomic E-state index is 12.7. The van der Waals surface area contributed by atoms with E-state index in [-0.39, 0.29) is 5.91 Å². The third kappa shape index (κ3) is 5.16. The normalized spacial score (nSPS) is 22.2. The minimum atomic E-state index is 0.271. The molecular formula is C19H30N4O2. The molecule has 2 saturated heterocycles. The number of anilines is 1. The highest BCUT2D eigenvalue weighted by Gasteiger charge is 2.26. The molecule has 138 valence electrons. The van der Waals surface area contributed by atoms with Crippen LogP contribution in [-0.4, -0.2) is 79.7 Å². The fourth-order valence-electron chi connectivity index (χ4n) is 3.68. The summed E-state index contributed by atoms with van der Waals surface area (Å²) < 4.78 is 5.55. The number of hydrogen-bond donors (Lipinski definition) is 0. The number of amides is 1. The van der Waals surface area contributed by atoms with Crippen molar-refractivity contribution in [3.8, 4) is 0 Å². The van der Waals surface area contributed by atoms with Crippen molar-refractivity contribution in [2.45, 2.75) is 19.8 Å². The molecular weight excluding hydrogens is 316 g/mol. The van der Waals surface area contributed by atoms with Crippen molar-refractivity contribution in [3.63, 3.8) is 0 Å². The zero-order valence-corrected chi connectivity index (χ0v) is 15.3. The Labute approximate surface area is 150 Å². The van der Waals surface area contributed by atoms with Crippen LogP contribution in [0.5, 0.6) is 0 Å². The maximum atomic E-state index is 12.7. The molecule has 2 fully saturated rings. The number of rotatable bonds is 6. The lowest BCUT2D eigenvalue weighted by Gasteiger charge is -2.37. The van der Waals surface area contributed by atoms with Gasteiger partial charge in [-0.15, -0.1) is 0 Å². The van der Waals surface area contributed by atoms with E-state index in [0.29, 0.717) is 12.5 Å². The summed E-state index contributed by atoms with van der Waals surface area (Å²) in [5.74, 6) is 1.80. The third-order valence-corrected chi connectivity index (χ3v) is 5.13. The Kier molecular flexibility index (Phi) is 6.64. The van der Waals surface area contributed by atoms with Gasteiger partial charge >= 0.3 is 0 Å². The number of pyridine rings is 1. The number of piperazine rings is 1. The first-order valence-corrected chi connectivity index (χ1v) is 9.50. The Hall–Kier alpha value is -1.66. The molecule has 3 heterocycles. The fraction of sp³-hybridized carbons (Fsp3) is 0.684. The molecule has 3 rings (SSSR count). The summed E-state index contributed by atoms with van der Waals surface area (Å²) in [5, 5.41) is 0. The first kappa shape index (κ1) is 18.1. The number of aromatic nitrogens is 1. The van der Waals surface area contributed by atoms with E-state index >= 15 is 0 Å². The van der Waals surface area contributed by atoms with Gasteiger partial charge in [-0.2, -0.15) is 0 Å². The molecule has 1 atom stereocenters. The van der Waals surface area contributed by atoms with Crippen LogP contribution in [-0.2, 0) is 9.53 Å². The molecule has 6 heteroatoms. The molecule has 0 bridgehead atoms. The molecule has 2 aliphatic rings. The number of ether oxygens (including phenoxy) is 1. The molecule has 1 aromatic heterocycles. The Bertz CT molecular complexity index is 531. The monoisotopic (exact) mass is 346 g/mol. The van der Waals surface area contributed by atoms with Crippen molar-refractivity contribution in [3.05, 3.63) is 24.4 Å². The second-order valence-corrected chi connectivity index (χ2v) is 6.96. The highest BCUT2D eigenvalue weighted by atomic mass is 16.5. The molecule has 0 saturated carbocycles. The van der Waals surface area contributed by atoms with Crippen LogP contribution < -0.4 is 4.90 Å². The Morgan fingerprint density at radius 3 is 2.80 bits per heavy atom. The van der Waals surface area contributed by atoms with Gasteiger partial charge in [0.2, 0.25) is 5.91 Å². The topological polar surface area (TPSA) is 48.9 Å². The van der Waals surface area contributed by atoms with Crippen molar-refractivity contribution in [2.75, 3.05) is 63.9 Å². The second-order valence-electron chi connectivity index (χ2n) is 6.96. The largest absolute Gasteiger partial charge is 0.381 e. The Morgan fingerprint density at radius 1 is 1.24 bits per heavy atom. The van der Waals surface area contributed by atoms with E-state index in [1.54, 1.807) is 0 Å². The van der Waals surface area contributed by atoms with Crippen LogP contribution in [0.1, 0.15) is 19.8 Å². The standard InChI is InChI=1S/C19H30N4O2/c1-2-25-16-17-6-5-9-23(14-17)19(24)15-21-10-12-22(13-11-21)18-7-3-4-8-20-18/h3-4,7-8,17H,2,5-6,9-16H2,1H3. The average Bonchev–Trinajstić information content (AvgIpc) is 2.68. The van der Waals surface area contributed by atoms with Crippen LogP contribution in [0.25, 0.3) is 0 Å². The van der Waals surface area contributed by atoms with Gasteiger partial charge in [0.15, 0.2) is 0 Å². The maximum Gasteiger partial charge on any atom is 0.236 e. The number of carbonyl (C=O) groups excluding carboxylic acids is 1. The number of piperidine rings is 1. The summed E-state index contributed by atoms with van der Waals surface area (Å²) in [4.78, 5) is 23.7. The van der Waals surface area contributed by atoms with Crippen molar-refractivity contribution in [2.24, 2.45) is 5.92 Å². The lowest BCUT2D eigenvalue weighted by molar-refractivity contribution is -0.134. The van der Waals surface area contributed by atoms with E-state index < -0.39 is 0 Å². The quantitative estimate of drug-likeness (QED) is 0.781. The van der Waals surface area contributed by atoms with Gasteiger partial charge in [-0.25, -0.2) is 4.98 Å². The smallest absolute Gasteiger partial charge is 0.236 e. The van der Waals surface area contributed by atoms with Crippen LogP contribution in [0, 0.1) is 5.92 Å². The van der Waals surface area contributed by atoms with E-state index in [9.17, 15) is 4.79 Å². The summed E-state index contributed by atoms with van der Waals surface area (Å²) in [7, 11) is 0. The van der Waals surface area contributed by atoms with E-state index in [0.717, 1.165) is 64.7 Å². The van der Waals surface area contributed by atoms with Gasteiger partial charge in [0, 0.05) is 52.1 Å². The number of likely N-dealkylation sites (tertiary alicyclic amines) is 1. The summed E-state index contributed by atoms with van der Waals surface area (Å²) in [5.41, 5.74) is 0. The van der Waals surface area contributed by atoms with Crippen LogP contribution in [0.4, 0.5) is 5.82 Å². The first-order valence-electron chi connectivity index (χ1n) is 9.50. The highest BCUT2D eigenvalue weighted by Crippen LogP contribution is 2.18. The average molecular weight is 346 g/mol. The van der Waals surface area contributed by atoms with Crippen molar-refractivity contribution >= 4 is 11.7 Å². The molecule has 0 N–H and O–H groups in total. The zero-order valence-electron chi connectivity index (χ0n) is 15.3. The molecule has 1 unspecified atom stereocenters. The molecule has 6 nitrogen and oxygen atoms in total. The fourth-order valence-corrected chi connectivity index (χ4v) is 3.68. The van der Waals surface area contributed by atoms with Crippen LogP contribution in [0.2, 0.25) is 0 Å². The SMILES string of the molecule is CCOCC1CCCN(C(=O)CN2CCN(c3ccccn3)CC2)C1. The van der Waals surface area contributed by atoms with E-state index in [1.807, 2.05) is 36.2 Å². The van der Waals surface area contributed by atoms with E-state index in [4.69, 9.17) is 4.74 Å². The van der Waals surface area contributed by atoms with Crippen molar-refractivity contribution < 1.29 is 9.53 Å². The van der Waals surface area contributed by atoms with Gasteiger partial charge < -0.3 is 14.5 Å². The Balaban J connectivity index is 1.43. The van der Waals surface area contributed by atoms with Gasteiger partial charge in [0.05, 0.1) is 13.2 Å². The highest BCUT2D eigenvalue weighted by molar-refractivity contribution is 5.78. The molecule has 0 aromatic carbocycles. The van der Waals surface area contributed by atoms with Gasteiger partial charge in [0.25, 0.3) is 0 Å². The Morgan fingerprint density at radius 2 is 2.08 bits per heavy atom. The molecule has 25 heavy (non-hydrogen) atoms. The van der Waals surface area contributed by atoms with Gasteiger partial charge in [-0.3, -0.25) is 9.69 Å². The minimum Gasteiger partial charge on any atom is -0.381 e. The number of hydrogen-bond acceptors (Lipinski definition) is 5. The van der Waals surface area contributed by atoms with Gasteiger partial charge in [-0.1, -0.05) is 6.07 Å². The van der Waals surface area contributed by atoms with Crippen molar-refractivity contribution in [1.82, 2.24) is 14.8 Å². The molecule has 0 aliphatic carbocycles. The molecule has 1 aromatic rings. The van der Waals surface area contributed by atoms with E-state index in [1.165, 1.54) is 6.42 Å². The van der Waals surface area contributed by atoms with E-state index in [2.05, 4.69) is 14.8 Å². The minimum absolute atomic E-state index is 0.271. The summed E-state index contributed by atoms with van der Waals surface area (Å²) in [6.07, 6.45) is 4.10. The van der Waals surface area contributed by atoms with Crippen LogP contribution in [0.15, 0.2) is 24.4 Å². The van der Waals surface area contributed by atoms with Gasteiger partial charge in [-0.05, 0) is 37.8 Å². The number of carbonyl (C=O) groups is 1. The molecule has 2 aliphatic heterocycles. The lowest BCUT2D eigenvalue weighted by atomic mass is 9.99. The summed E-state index contributed by atoms with van der Waals surface area (Å²) >= 11 is 0. The van der Waals surface area contributed by atoms with Crippen LogP contribution in [0.3, 0.4) is 0 Å². The van der Waals surface area contributed by atoms with Gasteiger partial charge in [0.1, 0.15) is 5.82 Å². The van der Waals surface area contributed by atoms with Crippen molar-refractivity contribution in [1.29, 1.82) is 0 Å². The third-order valence-electron chi connectivity index (χ3n) is 5.13.